The number of amides is 1. The molecule has 0 saturated heterocycles. The van der Waals surface area contributed by atoms with Gasteiger partial charge in [0.1, 0.15) is 0 Å². The fourth-order valence-corrected chi connectivity index (χ4v) is 0.502. The van der Waals surface area contributed by atoms with E-state index in [2.05, 4.69) is 0 Å². The monoisotopic (exact) mass is 135 g/mol. The van der Waals surface area contributed by atoms with Crippen LogP contribution in [-0.4, -0.2) is 16.8 Å². The molecule has 0 rings (SSSR count). The van der Waals surface area contributed by atoms with Crippen molar-refractivity contribution in [2.45, 2.75) is 6.92 Å². The Kier molecular flexibility index (Phi) is 2.45. The number of primary amides is 1. The third kappa shape index (κ3) is 5.49. The molecule has 3 nitrogen and oxygen atoms in total. The zero-order valence-corrected chi connectivity index (χ0v) is 5.25. The van der Waals surface area contributed by atoms with Crippen molar-refractivity contribution in [2.75, 3.05) is 5.75 Å². The lowest BCUT2D eigenvalue weighted by Gasteiger charge is -1.87. The standard InChI is InChI=1S/C4H7NO2S/c1-3(6)8-2-4(5)7/h2H2,1H3,(H2,5,7)/i/hT. The average Bonchev–Trinajstić information content (AvgIpc) is 1.83. The van der Waals surface area contributed by atoms with E-state index in [1.165, 1.54) is 6.92 Å². The van der Waals surface area contributed by atoms with Gasteiger partial charge in [0.15, 0.2) is 6.53 Å². The fourth-order valence-electron chi connectivity index (χ4n) is 0.167. The Morgan fingerprint density at radius 3 is 2.88 bits per heavy atom. The largest absolute Gasteiger partial charge is 0.369 e. The van der Waals surface area contributed by atoms with Crippen molar-refractivity contribution in [1.82, 2.24) is 0 Å². The third-order valence-corrected chi connectivity index (χ3v) is 1.22. The molecule has 4 heteroatoms. The maximum Gasteiger partial charge on any atom is 0.227 e. The molecule has 0 aliphatic carbocycles. The Morgan fingerprint density at radius 1 is 1.88 bits per heavy atom. The highest BCUT2D eigenvalue weighted by molar-refractivity contribution is 8.14. The van der Waals surface area contributed by atoms with Crippen LogP contribution in [0.2, 0.25) is 1.41 Å². The number of rotatable bonds is 2. The summed E-state index contributed by atoms with van der Waals surface area (Å²) in [6.45, 7) is 1.38. The molecule has 0 aliphatic rings. The molecule has 0 saturated carbocycles. The molecule has 0 aliphatic heterocycles. The zero-order chi connectivity index (χ0) is 7.28. The van der Waals surface area contributed by atoms with E-state index in [1.54, 1.807) is 5.73 Å². The van der Waals surface area contributed by atoms with Gasteiger partial charge in [-0.05, 0) is 0 Å². The van der Waals surface area contributed by atoms with E-state index in [9.17, 15) is 9.59 Å². The summed E-state index contributed by atoms with van der Waals surface area (Å²) in [7, 11) is 0. The minimum atomic E-state index is -0.449. The van der Waals surface area contributed by atoms with Crippen LogP contribution in [0.3, 0.4) is 0 Å². The molecule has 2 N–H and O–H groups in total. The van der Waals surface area contributed by atoms with Crippen LogP contribution in [0.4, 0.5) is 0 Å². The van der Waals surface area contributed by atoms with Gasteiger partial charge in [0.2, 0.25) is 5.91 Å². The van der Waals surface area contributed by atoms with Crippen molar-refractivity contribution in [3.63, 3.8) is 0 Å². The van der Waals surface area contributed by atoms with Crippen molar-refractivity contribution in [1.29, 1.82) is 0 Å². The number of hydrogen-bond acceptors (Lipinski definition) is 3. The van der Waals surface area contributed by atoms with Crippen LogP contribution < -0.4 is 5.73 Å². The van der Waals surface area contributed by atoms with Crippen molar-refractivity contribution in [2.24, 2.45) is 5.73 Å². The highest BCUT2D eigenvalue weighted by Gasteiger charge is 1.96. The van der Waals surface area contributed by atoms with Crippen LogP contribution in [0.25, 0.3) is 0 Å². The molecule has 0 aromatic heterocycles. The molecule has 46 valence electrons. The Balaban J connectivity index is 3.28. The van der Waals surface area contributed by atoms with Crippen LogP contribution in [0.5, 0.6) is 0 Å². The van der Waals surface area contributed by atoms with Gasteiger partial charge in [-0.15, -0.1) is 0 Å². The normalized spacial score (nSPS) is 9.88. The average molecular weight is 135 g/mol. The molecule has 0 bridgehead atoms. The molecule has 1 amide bonds. The molecular formula is C4H7NO2S. The summed E-state index contributed by atoms with van der Waals surface area (Å²) in [5.41, 5.74) is 1.66. The van der Waals surface area contributed by atoms with Crippen LogP contribution in [0.1, 0.15) is 6.92 Å². The van der Waals surface area contributed by atoms with Crippen molar-refractivity contribution in [3.8, 4) is 0 Å². The molecule has 0 heterocycles. The third-order valence-electron chi connectivity index (χ3n) is 0.407. The summed E-state index contributed by atoms with van der Waals surface area (Å²) >= 11 is 0.893. The lowest BCUT2D eigenvalue weighted by molar-refractivity contribution is -0.116. The molecule has 0 radical (unpaired) electrons. The van der Waals surface area contributed by atoms with Crippen molar-refractivity contribution >= 4 is 22.8 Å². The molecule has 0 unspecified atom stereocenters. The number of carbonyl (C=O) groups is 2. The van der Waals surface area contributed by atoms with Gasteiger partial charge in [-0.2, -0.15) is 0 Å². The van der Waals surface area contributed by atoms with Crippen molar-refractivity contribution in [3.05, 3.63) is 0 Å². The fraction of sp³-hybridized carbons (Fsp3) is 0.500. The first-order valence-electron chi connectivity index (χ1n) is 2.50. The molecule has 0 aromatic rings. The maximum atomic E-state index is 10.2. The zero-order valence-electron chi connectivity index (χ0n) is 5.43. The number of carbonyl (C=O) groups excluding carboxylic acids is 2. The molecule has 0 aromatic carbocycles. The van der Waals surface area contributed by atoms with Crippen LogP contribution in [-0.2, 0) is 9.59 Å². The second-order valence-corrected chi connectivity index (χ2v) is 2.36. The SMILES string of the molecule is [3H]NC(=O)CSC(C)=O. The summed E-state index contributed by atoms with van der Waals surface area (Å²) in [5.74, 6) is -0.408. The topological polar surface area (TPSA) is 60.2 Å². The summed E-state index contributed by atoms with van der Waals surface area (Å²) in [6, 6.07) is 0. The van der Waals surface area contributed by atoms with Crippen LogP contribution in [0.15, 0.2) is 0 Å². The molecule has 0 atom stereocenters. The van der Waals surface area contributed by atoms with E-state index in [1.807, 2.05) is 0 Å². The van der Waals surface area contributed by atoms with E-state index < -0.39 is 5.91 Å². The Hall–Kier alpha value is -0.510. The summed E-state index contributed by atoms with van der Waals surface area (Å²) in [4.78, 5) is 20.4. The van der Waals surface area contributed by atoms with E-state index in [-0.39, 0.29) is 10.9 Å². The maximum absolute atomic E-state index is 10.2. The summed E-state index contributed by atoms with van der Waals surface area (Å²) in [6.07, 6.45) is 0. The Bertz CT molecular complexity index is 128. The second kappa shape index (κ2) is 3.49. The Morgan fingerprint density at radius 2 is 2.50 bits per heavy atom. The number of thioether (sulfide) groups is 1. The number of nitrogens with two attached hydrogens (primary N) is 1. The van der Waals surface area contributed by atoms with Gasteiger partial charge >= 0.3 is 0 Å². The van der Waals surface area contributed by atoms with Crippen LogP contribution in [0, 0.1) is 0 Å². The smallest absolute Gasteiger partial charge is 0.227 e. The second-order valence-electron chi connectivity index (χ2n) is 1.20. The minimum absolute atomic E-state index is 0.0405. The van der Waals surface area contributed by atoms with Gasteiger partial charge in [-0.25, -0.2) is 0 Å². The Labute approximate surface area is 53.1 Å². The van der Waals surface area contributed by atoms with Gasteiger partial charge in [-0.3, -0.25) is 9.59 Å². The van der Waals surface area contributed by atoms with Crippen LogP contribution >= 0.6 is 11.8 Å². The molecule has 0 fully saturated rings. The quantitative estimate of drug-likeness (QED) is 0.568. The van der Waals surface area contributed by atoms with E-state index in [0.717, 1.165) is 11.8 Å². The lowest BCUT2D eigenvalue weighted by Crippen LogP contribution is -2.13. The summed E-state index contributed by atoms with van der Waals surface area (Å²) < 4.78 is 6.33. The van der Waals surface area contributed by atoms with Gasteiger partial charge in [-0.1, -0.05) is 11.8 Å². The van der Waals surface area contributed by atoms with E-state index in [4.69, 9.17) is 1.41 Å². The first kappa shape index (κ1) is 5.62. The number of hydrogen-bond donors (Lipinski definition) is 1. The predicted molar refractivity (Wildman–Crippen MR) is 32.3 cm³/mol. The van der Waals surface area contributed by atoms with Crippen molar-refractivity contribution < 1.29 is 11.0 Å². The van der Waals surface area contributed by atoms with Gasteiger partial charge in [0, 0.05) is 6.92 Å². The molecule has 0 spiro atoms. The highest BCUT2D eigenvalue weighted by Crippen LogP contribution is 1.97. The van der Waals surface area contributed by atoms with E-state index in [0.29, 0.717) is 0 Å². The van der Waals surface area contributed by atoms with E-state index >= 15 is 0 Å². The molecule has 8 heavy (non-hydrogen) atoms. The van der Waals surface area contributed by atoms with Gasteiger partial charge in [0.05, 0.1) is 5.75 Å². The lowest BCUT2D eigenvalue weighted by atomic mass is 10.8. The predicted octanol–water partition coefficient (Wildman–Crippen LogP) is -0.249. The summed E-state index contributed by atoms with van der Waals surface area (Å²) in [5, 5.41) is -0.112. The van der Waals surface area contributed by atoms with Gasteiger partial charge in [0.25, 0.3) is 0 Å². The molecular weight excluding hydrogens is 126 g/mol. The minimum Gasteiger partial charge on any atom is -0.369 e. The van der Waals surface area contributed by atoms with Gasteiger partial charge < -0.3 is 5.73 Å². The first-order valence-corrected chi connectivity index (χ1v) is 2.99. The first-order chi connectivity index (χ1) is 4.16. The highest BCUT2D eigenvalue weighted by atomic mass is 32.2.